The third kappa shape index (κ3) is 1.64. The number of benzene rings is 1. The highest BCUT2D eigenvalue weighted by Crippen LogP contribution is 2.52. The molecule has 2 rings (SSSR count). The Labute approximate surface area is 87.5 Å². The van der Waals surface area contributed by atoms with Crippen molar-refractivity contribution >= 4 is 11.6 Å². The molecule has 14 heavy (non-hydrogen) atoms. The van der Waals surface area contributed by atoms with Crippen molar-refractivity contribution in [2.75, 3.05) is 0 Å². The monoisotopic (exact) mass is 214 g/mol. The zero-order valence-electron chi connectivity index (χ0n) is 7.87. The molecule has 76 valence electrons. The predicted octanol–water partition coefficient (Wildman–Crippen LogP) is 2.96. The van der Waals surface area contributed by atoms with Crippen molar-refractivity contribution in [2.45, 2.75) is 25.4 Å². The summed E-state index contributed by atoms with van der Waals surface area (Å²) >= 11 is 5.91. The summed E-state index contributed by atoms with van der Waals surface area (Å²) in [5.41, 5.74) is 0.570. The molecule has 1 aliphatic carbocycles. The van der Waals surface area contributed by atoms with E-state index >= 15 is 0 Å². The second kappa shape index (κ2) is 3.52. The van der Waals surface area contributed by atoms with Gasteiger partial charge in [-0.15, -0.1) is 0 Å². The largest absolute Gasteiger partial charge is 0.393 e. The van der Waals surface area contributed by atoms with Crippen LogP contribution in [0.25, 0.3) is 0 Å². The van der Waals surface area contributed by atoms with Crippen molar-refractivity contribution in [3.8, 4) is 0 Å². The van der Waals surface area contributed by atoms with E-state index in [0.717, 1.165) is 6.42 Å². The highest BCUT2D eigenvalue weighted by Gasteiger charge is 2.43. The maximum Gasteiger partial charge on any atom is 0.128 e. The van der Waals surface area contributed by atoms with Crippen LogP contribution in [0.5, 0.6) is 0 Å². The van der Waals surface area contributed by atoms with Gasteiger partial charge in [0.25, 0.3) is 0 Å². The molecule has 1 aliphatic rings. The molecule has 1 N–H and O–H groups in total. The number of aliphatic hydroxyl groups is 1. The van der Waals surface area contributed by atoms with E-state index in [2.05, 4.69) is 0 Å². The first kappa shape index (κ1) is 9.94. The van der Waals surface area contributed by atoms with Crippen LogP contribution in [0, 0.1) is 11.7 Å². The van der Waals surface area contributed by atoms with E-state index in [1.54, 1.807) is 19.1 Å². The molecule has 0 radical (unpaired) electrons. The van der Waals surface area contributed by atoms with Crippen LogP contribution in [0.1, 0.15) is 24.8 Å². The third-order valence-corrected chi connectivity index (χ3v) is 3.16. The molecule has 0 heterocycles. The fourth-order valence-corrected chi connectivity index (χ4v) is 2.25. The molecule has 3 heteroatoms. The molecule has 0 bridgehead atoms. The SMILES string of the molecule is C[C@H](O)[C@H]1C[C@@H]1c1c(F)cccc1Cl. The zero-order chi connectivity index (χ0) is 10.3. The molecule has 0 aromatic heterocycles. The van der Waals surface area contributed by atoms with Crippen molar-refractivity contribution in [3.63, 3.8) is 0 Å². The number of aliphatic hydroxyl groups excluding tert-OH is 1. The topological polar surface area (TPSA) is 20.2 Å². The summed E-state index contributed by atoms with van der Waals surface area (Å²) in [5, 5.41) is 9.81. The summed E-state index contributed by atoms with van der Waals surface area (Å²) < 4.78 is 13.4. The Balaban J connectivity index is 2.26. The van der Waals surface area contributed by atoms with Gasteiger partial charge < -0.3 is 5.11 Å². The molecule has 1 aromatic carbocycles. The van der Waals surface area contributed by atoms with Gasteiger partial charge in [-0.25, -0.2) is 4.39 Å². The Kier molecular flexibility index (Phi) is 2.50. The first-order valence-electron chi connectivity index (χ1n) is 4.73. The Morgan fingerprint density at radius 2 is 2.29 bits per heavy atom. The lowest BCUT2D eigenvalue weighted by molar-refractivity contribution is 0.168. The summed E-state index contributed by atoms with van der Waals surface area (Å²) in [7, 11) is 0. The van der Waals surface area contributed by atoms with Gasteiger partial charge in [0.15, 0.2) is 0 Å². The Morgan fingerprint density at radius 1 is 1.57 bits per heavy atom. The molecule has 0 spiro atoms. The fraction of sp³-hybridized carbons (Fsp3) is 0.455. The van der Waals surface area contributed by atoms with Gasteiger partial charge in [0.2, 0.25) is 0 Å². The number of rotatable bonds is 2. The van der Waals surface area contributed by atoms with Gasteiger partial charge in [0, 0.05) is 10.6 Å². The average molecular weight is 215 g/mol. The van der Waals surface area contributed by atoms with E-state index in [9.17, 15) is 9.50 Å². The van der Waals surface area contributed by atoms with E-state index in [-0.39, 0.29) is 23.8 Å². The van der Waals surface area contributed by atoms with Crippen molar-refractivity contribution in [3.05, 3.63) is 34.6 Å². The third-order valence-electron chi connectivity index (χ3n) is 2.83. The summed E-state index contributed by atoms with van der Waals surface area (Å²) in [6, 6.07) is 4.71. The van der Waals surface area contributed by atoms with Crippen molar-refractivity contribution in [1.29, 1.82) is 0 Å². The minimum Gasteiger partial charge on any atom is -0.393 e. The van der Waals surface area contributed by atoms with Gasteiger partial charge in [-0.05, 0) is 37.3 Å². The van der Waals surface area contributed by atoms with E-state index in [0.29, 0.717) is 10.6 Å². The van der Waals surface area contributed by atoms with Gasteiger partial charge in [0.05, 0.1) is 6.10 Å². The summed E-state index contributed by atoms with van der Waals surface area (Å²) in [4.78, 5) is 0. The molecule has 1 nitrogen and oxygen atoms in total. The standard InChI is InChI=1S/C11H12ClFO/c1-6(14)7-5-8(7)11-9(12)3-2-4-10(11)13/h2-4,6-8,14H,5H2,1H3/t6-,7+,8-/m0/s1. The number of halogens is 2. The van der Waals surface area contributed by atoms with Crippen LogP contribution in [-0.2, 0) is 0 Å². The molecule has 3 atom stereocenters. The van der Waals surface area contributed by atoms with E-state index in [4.69, 9.17) is 11.6 Å². The molecule has 0 unspecified atom stereocenters. The molecule has 0 aliphatic heterocycles. The van der Waals surface area contributed by atoms with Gasteiger partial charge in [0.1, 0.15) is 5.82 Å². The molecular formula is C11H12ClFO. The highest BCUT2D eigenvalue weighted by atomic mass is 35.5. The van der Waals surface area contributed by atoms with E-state index in [1.807, 2.05) is 0 Å². The lowest BCUT2D eigenvalue weighted by atomic mass is 10.1. The van der Waals surface area contributed by atoms with Crippen LogP contribution in [0.3, 0.4) is 0 Å². The number of hydrogen-bond donors (Lipinski definition) is 1. The minimum absolute atomic E-state index is 0.101. The summed E-state index contributed by atoms with van der Waals surface area (Å²) in [5.74, 6) is 0.0127. The van der Waals surface area contributed by atoms with Crippen LogP contribution in [0.4, 0.5) is 4.39 Å². The summed E-state index contributed by atoms with van der Waals surface area (Å²) in [6.45, 7) is 1.74. The Bertz CT molecular complexity index is 331. The second-order valence-electron chi connectivity index (χ2n) is 3.88. The predicted molar refractivity (Wildman–Crippen MR) is 53.9 cm³/mol. The maximum atomic E-state index is 13.4. The van der Waals surface area contributed by atoms with Crippen LogP contribution in [0.15, 0.2) is 18.2 Å². The fourth-order valence-electron chi connectivity index (χ4n) is 1.94. The lowest BCUT2D eigenvalue weighted by Gasteiger charge is -2.06. The van der Waals surface area contributed by atoms with Crippen LogP contribution in [-0.4, -0.2) is 11.2 Å². The molecule has 1 fully saturated rings. The highest BCUT2D eigenvalue weighted by molar-refractivity contribution is 6.31. The van der Waals surface area contributed by atoms with Gasteiger partial charge >= 0.3 is 0 Å². The van der Waals surface area contributed by atoms with Crippen LogP contribution >= 0.6 is 11.6 Å². The maximum absolute atomic E-state index is 13.4. The molecular weight excluding hydrogens is 203 g/mol. The Morgan fingerprint density at radius 3 is 2.79 bits per heavy atom. The number of hydrogen-bond acceptors (Lipinski definition) is 1. The van der Waals surface area contributed by atoms with Crippen LogP contribution in [0.2, 0.25) is 5.02 Å². The minimum atomic E-state index is -0.379. The quantitative estimate of drug-likeness (QED) is 0.803. The van der Waals surface area contributed by atoms with E-state index < -0.39 is 0 Å². The van der Waals surface area contributed by atoms with Crippen molar-refractivity contribution < 1.29 is 9.50 Å². The first-order chi connectivity index (χ1) is 6.61. The van der Waals surface area contributed by atoms with Gasteiger partial charge in [-0.2, -0.15) is 0 Å². The lowest BCUT2D eigenvalue weighted by Crippen LogP contribution is -2.04. The first-order valence-corrected chi connectivity index (χ1v) is 5.11. The average Bonchev–Trinajstić information content (AvgIpc) is 2.83. The van der Waals surface area contributed by atoms with Gasteiger partial charge in [-0.3, -0.25) is 0 Å². The van der Waals surface area contributed by atoms with Crippen molar-refractivity contribution in [2.24, 2.45) is 5.92 Å². The normalized spacial score (nSPS) is 27.4. The smallest absolute Gasteiger partial charge is 0.128 e. The zero-order valence-corrected chi connectivity index (χ0v) is 8.63. The second-order valence-corrected chi connectivity index (χ2v) is 4.29. The Hall–Kier alpha value is -0.600. The molecule has 1 saturated carbocycles. The molecule has 1 aromatic rings. The molecule has 0 saturated heterocycles. The van der Waals surface area contributed by atoms with Gasteiger partial charge in [-0.1, -0.05) is 17.7 Å². The van der Waals surface area contributed by atoms with E-state index in [1.165, 1.54) is 6.07 Å². The van der Waals surface area contributed by atoms with Crippen LogP contribution < -0.4 is 0 Å². The molecule has 0 amide bonds. The van der Waals surface area contributed by atoms with Crippen molar-refractivity contribution in [1.82, 2.24) is 0 Å². The summed E-state index contributed by atoms with van der Waals surface area (Å²) in [6.07, 6.45) is 0.453.